The van der Waals surface area contributed by atoms with Crippen LogP contribution in [0.4, 0.5) is 0 Å². The van der Waals surface area contributed by atoms with E-state index in [1.54, 1.807) is 24.3 Å². The Labute approximate surface area is 131 Å². The van der Waals surface area contributed by atoms with Gasteiger partial charge in [-0.15, -0.1) is 0 Å². The molecular weight excluding hydrogens is 306 g/mol. The van der Waals surface area contributed by atoms with Crippen molar-refractivity contribution in [1.29, 1.82) is 0 Å². The Morgan fingerprint density at radius 1 is 1.30 bits per heavy atom. The van der Waals surface area contributed by atoms with E-state index in [0.717, 1.165) is 0 Å². The number of methoxy groups -OCH3 is 3. The van der Waals surface area contributed by atoms with Gasteiger partial charge in [0.1, 0.15) is 5.75 Å². The van der Waals surface area contributed by atoms with Gasteiger partial charge in [-0.05, 0) is 22.1 Å². The number of hydrogen-bond acceptors (Lipinski definition) is 7. The Bertz CT molecular complexity index is 715. The van der Waals surface area contributed by atoms with Gasteiger partial charge >= 0.3 is 11.3 Å². The average molecular weight is 323 g/mol. The summed E-state index contributed by atoms with van der Waals surface area (Å²) in [7, 11) is 4.39. The molecule has 0 saturated heterocycles. The van der Waals surface area contributed by atoms with Crippen molar-refractivity contribution in [3.63, 3.8) is 0 Å². The molecule has 0 aliphatic carbocycles. The summed E-state index contributed by atoms with van der Waals surface area (Å²) in [5, 5.41) is 14.5. The van der Waals surface area contributed by atoms with Crippen molar-refractivity contribution in [1.82, 2.24) is 5.27 Å². The van der Waals surface area contributed by atoms with Gasteiger partial charge in [-0.1, -0.05) is 0 Å². The number of nitrogens with one attached hydrogen (secondary N) is 1. The first-order chi connectivity index (χ1) is 11.1. The molecule has 0 aliphatic rings. The van der Waals surface area contributed by atoms with Crippen molar-refractivity contribution < 1.29 is 28.5 Å². The second-order valence-electron chi connectivity index (χ2n) is 4.41. The molecule has 0 atom stereocenters. The number of benzene rings is 1. The largest absolute Gasteiger partial charge is 0.854 e. The monoisotopic (exact) mass is 323 g/mol. The molecule has 0 saturated carbocycles. The molecule has 124 valence electrons. The predicted octanol–water partition coefficient (Wildman–Crippen LogP) is -1.02. The third-order valence-electron chi connectivity index (χ3n) is 3.09. The Hall–Kier alpha value is -2.65. The molecule has 9 heteroatoms. The molecule has 2 aromatic rings. The number of hydrogen-bond donors (Lipinski definition) is 1. The minimum atomic E-state index is -0.819. The second kappa shape index (κ2) is 7.56. The van der Waals surface area contributed by atoms with Gasteiger partial charge in [0.2, 0.25) is 5.69 Å². The lowest BCUT2D eigenvalue weighted by Crippen LogP contribution is -2.45. The van der Waals surface area contributed by atoms with Gasteiger partial charge in [-0.25, -0.2) is 4.79 Å². The maximum Gasteiger partial charge on any atom is 0.436 e. The summed E-state index contributed by atoms with van der Waals surface area (Å²) in [6.07, 6.45) is -0.667. The molecule has 0 amide bonds. The van der Waals surface area contributed by atoms with Crippen molar-refractivity contribution in [3.05, 3.63) is 40.4 Å². The first-order valence-electron chi connectivity index (χ1n) is 6.66. The highest BCUT2D eigenvalue weighted by Crippen LogP contribution is 2.10. The topological polar surface area (TPSA) is 113 Å². The summed E-state index contributed by atoms with van der Waals surface area (Å²) in [4.78, 5) is 15.5. The standard InChI is InChI=1S/C14H17N3O6/c1-20-10-6-4-9(5-7-10)17-12(14(19)23-16-17)13(18)15-8-11(21-2)22-3/h4-7,11H,8H2,1-3H3,(H-,15,16,18,19). The number of H-pyrrole nitrogens is 1. The summed E-state index contributed by atoms with van der Waals surface area (Å²) < 4.78 is 20.8. The molecule has 1 heterocycles. The van der Waals surface area contributed by atoms with Crippen LogP contribution in [0.2, 0.25) is 0 Å². The third kappa shape index (κ3) is 3.76. The van der Waals surface area contributed by atoms with Gasteiger partial charge in [0.15, 0.2) is 6.29 Å². The normalized spacial score (nSPS) is 11.9. The van der Waals surface area contributed by atoms with Crippen LogP contribution < -0.4 is 20.2 Å². The van der Waals surface area contributed by atoms with Crippen LogP contribution in [0.15, 0.2) is 38.6 Å². The Kier molecular flexibility index (Phi) is 5.50. The maximum absolute atomic E-state index is 12.2. The zero-order valence-electron chi connectivity index (χ0n) is 12.9. The van der Waals surface area contributed by atoms with Gasteiger partial charge < -0.3 is 19.3 Å². The third-order valence-corrected chi connectivity index (χ3v) is 3.09. The molecule has 1 N–H and O–H groups in total. The Balaban J connectivity index is 2.34. The van der Waals surface area contributed by atoms with E-state index >= 15 is 0 Å². The van der Waals surface area contributed by atoms with Gasteiger partial charge in [-0.2, -0.15) is 0 Å². The molecule has 0 unspecified atom stereocenters. The minimum Gasteiger partial charge on any atom is -0.854 e. The lowest BCUT2D eigenvalue weighted by Gasteiger charge is -2.11. The van der Waals surface area contributed by atoms with Crippen molar-refractivity contribution >= 4 is 5.90 Å². The van der Waals surface area contributed by atoms with Crippen LogP contribution in [0, 0.1) is 0 Å². The minimum absolute atomic E-state index is 0.0426. The van der Waals surface area contributed by atoms with Crippen LogP contribution in [-0.4, -0.2) is 45.3 Å². The molecule has 0 spiro atoms. The summed E-state index contributed by atoms with van der Waals surface area (Å²) in [5.41, 5.74) is -0.549. The van der Waals surface area contributed by atoms with Crippen molar-refractivity contribution in [2.24, 2.45) is 4.99 Å². The van der Waals surface area contributed by atoms with Crippen molar-refractivity contribution in [3.8, 4) is 11.4 Å². The molecular formula is C14H17N3O6. The number of rotatable bonds is 7. The average Bonchev–Trinajstić information content (AvgIpc) is 2.97. The Morgan fingerprint density at radius 3 is 2.52 bits per heavy atom. The van der Waals surface area contributed by atoms with Crippen LogP contribution in [0.3, 0.4) is 0 Å². The van der Waals surface area contributed by atoms with E-state index in [9.17, 15) is 9.90 Å². The fraction of sp³-hybridized carbons (Fsp3) is 0.357. The van der Waals surface area contributed by atoms with Gasteiger partial charge in [0.25, 0.3) is 0 Å². The fourth-order valence-electron chi connectivity index (χ4n) is 1.85. The van der Waals surface area contributed by atoms with Gasteiger partial charge in [0, 0.05) is 26.4 Å². The van der Waals surface area contributed by atoms with E-state index in [-0.39, 0.29) is 12.2 Å². The first kappa shape index (κ1) is 16.7. The highest BCUT2D eigenvalue weighted by molar-refractivity contribution is 5.86. The fourth-order valence-corrected chi connectivity index (χ4v) is 1.85. The quantitative estimate of drug-likeness (QED) is 0.302. The number of nitrogens with zero attached hydrogens (tertiary/aromatic N) is 2. The van der Waals surface area contributed by atoms with Crippen LogP contribution in [0.25, 0.3) is 5.69 Å². The second-order valence-corrected chi connectivity index (χ2v) is 4.41. The van der Waals surface area contributed by atoms with E-state index in [1.165, 1.54) is 26.0 Å². The van der Waals surface area contributed by atoms with E-state index < -0.39 is 17.8 Å². The highest BCUT2D eigenvalue weighted by Gasteiger charge is 2.24. The van der Waals surface area contributed by atoms with Crippen LogP contribution in [-0.2, 0) is 9.47 Å². The molecule has 0 radical (unpaired) electrons. The van der Waals surface area contributed by atoms with Crippen molar-refractivity contribution in [2.75, 3.05) is 27.9 Å². The van der Waals surface area contributed by atoms with Crippen molar-refractivity contribution in [2.45, 2.75) is 6.29 Å². The predicted molar refractivity (Wildman–Crippen MR) is 76.6 cm³/mol. The summed E-state index contributed by atoms with van der Waals surface area (Å²) >= 11 is 0. The van der Waals surface area contributed by atoms with Crippen LogP contribution >= 0.6 is 0 Å². The smallest absolute Gasteiger partial charge is 0.436 e. The molecule has 1 aromatic heterocycles. The first-order valence-corrected chi connectivity index (χ1v) is 6.66. The summed E-state index contributed by atoms with van der Waals surface area (Å²) in [5.74, 6) is -0.101. The molecule has 0 aliphatic heterocycles. The number of ether oxygens (including phenoxy) is 3. The lowest BCUT2D eigenvalue weighted by molar-refractivity contribution is -0.673. The summed E-state index contributed by atoms with van der Waals surface area (Å²) in [6, 6.07) is 6.69. The van der Waals surface area contributed by atoms with Crippen LogP contribution in [0.5, 0.6) is 5.75 Å². The molecule has 0 fully saturated rings. The zero-order valence-corrected chi connectivity index (χ0v) is 12.9. The molecule has 2 rings (SSSR count). The van der Waals surface area contributed by atoms with E-state index in [4.69, 9.17) is 18.7 Å². The maximum atomic E-state index is 12.2. The molecule has 9 nitrogen and oxygen atoms in total. The number of aromatic nitrogens is 2. The summed E-state index contributed by atoms with van der Waals surface area (Å²) in [6.45, 7) is -0.0426. The van der Waals surface area contributed by atoms with E-state index in [2.05, 4.69) is 10.3 Å². The molecule has 23 heavy (non-hydrogen) atoms. The van der Waals surface area contributed by atoms with Gasteiger partial charge in [0.05, 0.1) is 19.6 Å². The molecule has 1 aromatic carbocycles. The highest BCUT2D eigenvalue weighted by atomic mass is 16.7. The lowest BCUT2D eigenvalue weighted by atomic mass is 10.3. The Morgan fingerprint density at radius 2 is 1.96 bits per heavy atom. The van der Waals surface area contributed by atoms with E-state index in [0.29, 0.717) is 11.4 Å². The van der Waals surface area contributed by atoms with Crippen LogP contribution in [0.1, 0.15) is 5.69 Å². The molecule has 0 bridgehead atoms. The van der Waals surface area contributed by atoms with Gasteiger partial charge in [-0.3, -0.25) is 9.52 Å². The van der Waals surface area contributed by atoms with E-state index in [1.807, 2.05) is 0 Å². The zero-order chi connectivity index (χ0) is 16.8. The SMILES string of the molecule is COc1ccc(-[n+]2[nH]oc(=O)c2C([O-])=NCC(OC)OC)cc1. The number of aromatic amines is 1. The number of aliphatic imine (C=N–C) groups is 1.